The molecule has 2 aromatic carbocycles. The molecule has 1 N–H and O–H groups in total. The first-order valence-corrected chi connectivity index (χ1v) is 7.30. The monoisotopic (exact) mass is 292 g/mol. The van der Waals surface area contributed by atoms with E-state index < -0.39 is 0 Å². The Balaban J connectivity index is 1.71. The first-order valence-electron chi connectivity index (χ1n) is 7.30. The molecule has 1 heterocycles. The van der Waals surface area contributed by atoms with E-state index >= 15 is 0 Å². The highest BCUT2D eigenvalue weighted by molar-refractivity contribution is 5.93. The zero-order chi connectivity index (χ0) is 15.4. The lowest BCUT2D eigenvalue weighted by Gasteiger charge is -2.17. The molecule has 110 valence electrons. The molecule has 0 fully saturated rings. The van der Waals surface area contributed by atoms with Gasteiger partial charge in [0.15, 0.2) is 0 Å². The van der Waals surface area contributed by atoms with Crippen molar-refractivity contribution in [1.29, 1.82) is 5.26 Å². The molecule has 0 saturated carbocycles. The second-order valence-electron chi connectivity index (χ2n) is 5.28. The molecule has 3 rings (SSSR count). The number of rotatable bonds is 3. The fourth-order valence-electron chi connectivity index (χ4n) is 2.59. The predicted octanol–water partition coefficient (Wildman–Crippen LogP) is 3.06. The Morgan fingerprint density at radius 1 is 1.27 bits per heavy atom. The summed E-state index contributed by atoms with van der Waals surface area (Å²) in [5.41, 5.74) is 3.14. The van der Waals surface area contributed by atoms with Crippen molar-refractivity contribution >= 4 is 11.6 Å². The number of hydrogen-bond donors (Lipinski definition) is 1. The second kappa shape index (κ2) is 6.31. The molecule has 1 amide bonds. The maximum Gasteiger partial charge on any atom is 0.228 e. The van der Waals surface area contributed by atoms with Crippen LogP contribution in [-0.2, 0) is 17.6 Å². The van der Waals surface area contributed by atoms with Crippen molar-refractivity contribution in [2.75, 3.05) is 11.9 Å². The topological polar surface area (TPSA) is 62.1 Å². The van der Waals surface area contributed by atoms with Gasteiger partial charge < -0.3 is 10.1 Å². The molecule has 0 aliphatic carbocycles. The summed E-state index contributed by atoms with van der Waals surface area (Å²) < 4.78 is 5.57. The van der Waals surface area contributed by atoms with Crippen LogP contribution in [0.15, 0.2) is 42.5 Å². The third-order valence-electron chi connectivity index (χ3n) is 3.66. The summed E-state index contributed by atoms with van der Waals surface area (Å²) in [6.45, 7) is 0.762. The Labute approximate surface area is 129 Å². The number of aryl methyl sites for hydroxylation is 1. The van der Waals surface area contributed by atoms with Gasteiger partial charge in [-0.2, -0.15) is 5.26 Å². The number of anilines is 1. The lowest BCUT2D eigenvalue weighted by atomic mass is 10.0. The van der Waals surface area contributed by atoms with Gasteiger partial charge in [0.25, 0.3) is 0 Å². The Kier molecular flexibility index (Phi) is 4.06. The molecule has 4 heteroatoms. The third-order valence-corrected chi connectivity index (χ3v) is 3.66. The highest BCUT2D eigenvalue weighted by atomic mass is 16.5. The first-order chi connectivity index (χ1) is 10.8. The minimum Gasteiger partial charge on any atom is -0.493 e. The van der Waals surface area contributed by atoms with Crippen LogP contribution in [0.2, 0.25) is 0 Å². The normalized spacial score (nSPS) is 12.7. The summed E-state index contributed by atoms with van der Waals surface area (Å²) in [6, 6.07) is 14.9. The largest absolute Gasteiger partial charge is 0.493 e. The molecule has 0 unspecified atom stereocenters. The van der Waals surface area contributed by atoms with Crippen LogP contribution in [0, 0.1) is 11.3 Å². The van der Waals surface area contributed by atoms with Crippen LogP contribution in [0.3, 0.4) is 0 Å². The fourth-order valence-corrected chi connectivity index (χ4v) is 2.59. The Morgan fingerprint density at radius 3 is 3.00 bits per heavy atom. The van der Waals surface area contributed by atoms with Gasteiger partial charge >= 0.3 is 0 Å². The number of fused-ring (bicyclic) bond motifs is 1. The van der Waals surface area contributed by atoms with Gasteiger partial charge in [-0.1, -0.05) is 24.3 Å². The van der Waals surface area contributed by atoms with E-state index in [4.69, 9.17) is 10.00 Å². The molecule has 1 aliphatic rings. The number of para-hydroxylation sites is 1. The lowest BCUT2D eigenvalue weighted by molar-refractivity contribution is -0.115. The van der Waals surface area contributed by atoms with E-state index in [9.17, 15) is 4.79 Å². The molecule has 0 spiro atoms. The summed E-state index contributed by atoms with van der Waals surface area (Å²) in [5.74, 6) is 0.796. The summed E-state index contributed by atoms with van der Waals surface area (Å²) in [7, 11) is 0. The molecule has 0 bridgehead atoms. The summed E-state index contributed by atoms with van der Waals surface area (Å²) in [6.07, 6.45) is 2.29. The maximum atomic E-state index is 12.2. The fraction of sp³-hybridized carbons (Fsp3) is 0.222. The van der Waals surface area contributed by atoms with Crippen LogP contribution < -0.4 is 10.1 Å². The molecule has 0 aromatic heterocycles. The van der Waals surface area contributed by atoms with Crippen LogP contribution in [0.25, 0.3) is 0 Å². The molecule has 0 radical (unpaired) electrons. The van der Waals surface area contributed by atoms with Gasteiger partial charge in [-0.15, -0.1) is 0 Å². The number of carbonyl (C=O) groups excluding carboxylic acids is 1. The Hall–Kier alpha value is -2.80. The van der Waals surface area contributed by atoms with Crippen molar-refractivity contribution in [3.8, 4) is 11.8 Å². The highest BCUT2D eigenvalue weighted by Crippen LogP contribution is 2.25. The van der Waals surface area contributed by atoms with Crippen LogP contribution in [0.4, 0.5) is 5.69 Å². The minimum absolute atomic E-state index is 0.126. The summed E-state index contributed by atoms with van der Waals surface area (Å²) in [4.78, 5) is 12.2. The maximum absolute atomic E-state index is 12.2. The number of amides is 1. The van der Waals surface area contributed by atoms with Crippen LogP contribution in [0.1, 0.15) is 23.1 Å². The minimum atomic E-state index is -0.126. The predicted molar refractivity (Wildman–Crippen MR) is 83.7 cm³/mol. The number of nitrogens with zero attached hydrogens (tertiary/aromatic N) is 1. The lowest BCUT2D eigenvalue weighted by Crippen LogP contribution is -2.16. The van der Waals surface area contributed by atoms with Gasteiger partial charge in [0.2, 0.25) is 5.91 Å². The van der Waals surface area contributed by atoms with Crippen molar-refractivity contribution in [3.63, 3.8) is 0 Å². The number of ether oxygens (including phenoxy) is 1. The quantitative estimate of drug-likeness (QED) is 0.945. The van der Waals surface area contributed by atoms with E-state index in [0.29, 0.717) is 11.3 Å². The van der Waals surface area contributed by atoms with Crippen molar-refractivity contribution in [2.24, 2.45) is 0 Å². The standard InChI is InChI=1S/C18H16N2O2/c19-12-15-4-1-2-6-16(15)20-18(21)11-13-7-8-17-14(10-13)5-3-9-22-17/h1-2,4,6-8,10H,3,5,9,11H2,(H,20,21). The number of nitrogens with one attached hydrogen (secondary N) is 1. The zero-order valence-corrected chi connectivity index (χ0v) is 12.1. The van der Waals surface area contributed by atoms with Gasteiger partial charge in [0, 0.05) is 0 Å². The Bertz CT molecular complexity index is 747. The summed E-state index contributed by atoms with van der Waals surface area (Å²) >= 11 is 0. The number of carbonyl (C=O) groups is 1. The van der Waals surface area contributed by atoms with E-state index in [-0.39, 0.29) is 12.3 Å². The molecule has 22 heavy (non-hydrogen) atoms. The smallest absolute Gasteiger partial charge is 0.228 e. The molecule has 2 aromatic rings. The van der Waals surface area contributed by atoms with Crippen molar-refractivity contribution in [2.45, 2.75) is 19.3 Å². The first kappa shape index (κ1) is 14.2. The van der Waals surface area contributed by atoms with Crippen LogP contribution >= 0.6 is 0 Å². The van der Waals surface area contributed by atoms with E-state index in [2.05, 4.69) is 11.4 Å². The highest BCUT2D eigenvalue weighted by Gasteiger charge is 2.12. The molecular weight excluding hydrogens is 276 g/mol. The Morgan fingerprint density at radius 2 is 2.14 bits per heavy atom. The van der Waals surface area contributed by atoms with Gasteiger partial charge in [0.1, 0.15) is 11.8 Å². The van der Waals surface area contributed by atoms with Crippen molar-refractivity contribution < 1.29 is 9.53 Å². The van der Waals surface area contributed by atoms with Gasteiger partial charge in [0.05, 0.1) is 24.3 Å². The molecule has 1 aliphatic heterocycles. The molecule has 0 atom stereocenters. The van der Waals surface area contributed by atoms with Gasteiger partial charge in [-0.25, -0.2) is 0 Å². The van der Waals surface area contributed by atoms with E-state index in [1.807, 2.05) is 18.2 Å². The number of benzene rings is 2. The van der Waals surface area contributed by atoms with Crippen LogP contribution in [-0.4, -0.2) is 12.5 Å². The zero-order valence-electron chi connectivity index (χ0n) is 12.1. The average Bonchev–Trinajstić information content (AvgIpc) is 2.55. The molecular formula is C18H16N2O2. The average molecular weight is 292 g/mol. The molecule has 0 saturated heterocycles. The van der Waals surface area contributed by atoms with Gasteiger partial charge in [-0.05, 0) is 42.2 Å². The number of hydrogen-bond acceptors (Lipinski definition) is 3. The third kappa shape index (κ3) is 3.09. The molecule has 4 nitrogen and oxygen atoms in total. The van der Waals surface area contributed by atoms with E-state index in [1.165, 1.54) is 0 Å². The van der Waals surface area contributed by atoms with E-state index in [1.54, 1.807) is 24.3 Å². The van der Waals surface area contributed by atoms with E-state index in [0.717, 1.165) is 36.3 Å². The van der Waals surface area contributed by atoms with Crippen molar-refractivity contribution in [1.82, 2.24) is 0 Å². The van der Waals surface area contributed by atoms with Crippen LogP contribution in [0.5, 0.6) is 5.75 Å². The van der Waals surface area contributed by atoms with Crippen molar-refractivity contribution in [3.05, 3.63) is 59.2 Å². The number of nitriles is 1. The SMILES string of the molecule is N#Cc1ccccc1NC(=O)Cc1ccc2c(c1)CCCO2. The summed E-state index contributed by atoms with van der Waals surface area (Å²) in [5, 5.41) is 11.8. The second-order valence-corrected chi connectivity index (χ2v) is 5.28. The van der Waals surface area contributed by atoms with Gasteiger partial charge in [-0.3, -0.25) is 4.79 Å².